The van der Waals surface area contributed by atoms with Crippen LogP contribution in [0.2, 0.25) is 0 Å². The first-order chi connectivity index (χ1) is 16.1. The fourth-order valence-corrected chi connectivity index (χ4v) is 3.41. The van der Waals surface area contributed by atoms with Crippen molar-refractivity contribution in [3.05, 3.63) is 47.1 Å². The average molecular weight is 476 g/mol. The van der Waals surface area contributed by atoms with E-state index >= 15 is 0 Å². The van der Waals surface area contributed by atoms with Gasteiger partial charge in [-0.2, -0.15) is 0 Å². The number of aliphatic hydroxyl groups is 2. The number of cyclic esters (lactones) is 1. The number of aryl methyl sites for hydroxylation is 1. The van der Waals surface area contributed by atoms with E-state index in [1.54, 1.807) is 26.0 Å². The van der Waals surface area contributed by atoms with Gasteiger partial charge < -0.3 is 30.1 Å². The number of phenols is 1. The van der Waals surface area contributed by atoms with E-state index in [0.29, 0.717) is 24.8 Å². The molecule has 1 amide bonds. The molecular formula is C25H33NO8. The summed E-state index contributed by atoms with van der Waals surface area (Å²) < 4.78 is 10.5. The van der Waals surface area contributed by atoms with Gasteiger partial charge in [-0.15, -0.1) is 0 Å². The van der Waals surface area contributed by atoms with Crippen molar-refractivity contribution in [2.24, 2.45) is 5.92 Å². The molecule has 0 unspecified atom stereocenters. The van der Waals surface area contributed by atoms with Crippen molar-refractivity contribution >= 4 is 23.9 Å². The fourth-order valence-electron chi connectivity index (χ4n) is 3.41. The van der Waals surface area contributed by atoms with Crippen LogP contribution in [0.25, 0.3) is 6.08 Å². The van der Waals surface area contributed by atoms with Gasteiger partial charge in [0.25, 0.3) is 0 Å². The number of carbonyl (C=O) groups excluding carboxylic acids is 3. The SMILES string of the molecule is CNC(=O)OCCCCc1ccc(O)c2c1/C=C/C[C@H](O)[C@H](O)C(=O)/C=C\[C@H](C)[C@H](C)OC2=O. The van der Waals surface area contributed by atoms with Gasteiger partial charge in [-0.25, -0.2) is 9.59 Å². The topological polar surface area (TPSA) is 142 Å². The molecule has 186 valence electrons. The van der Waals surface area contributed by atoms with E-state index in [1.807, 2.05) is 0 Å². The molecule has 0 radical (unpaired) electrons. The number of hydrogen-bond acceptors (Lipinski definition) is 8. The highest BCUT2D eigenvalue weighted by atomic mass is 16.5. The van der Waals surface area contributed by atoms with Crippen molar-refractivity contribution in [2.45, 2.75) is 57.8 Å². The molecule has 9 heteroatoms. The van der Waals surface area contributed by atoms with Gasteiger partial charge in [-0.05, 0) is 55.9 Å². The predicted molar refractivity (Wildman–Crippen MR) is 125 cm³/mol. The van der Waals surface area contributed by atoms with Crippen molar-refractivity contribution in [3.8, 4) is 5.75 Å². The van der Waals surface area contributed by atoms with Gasteiger partial charge >= 0.3 is 12.1 Å². The lowest BCUT2D eigenvalue weighted by atomic mass is 9.94. The van der Waals surface area contributed by atoms with E-state index in [9.17, 15) is 29.7 Å². The number of ketones is 1. The molecule has 9 nitrogen and oxygen atoms in total. The van der Waals surface area contributed by atoms with Crippen LogP contribution in [-0.4, -0.2) is 65.1 Å². The lowest BCUT2D eigenvalue weighted by Gasteiger charge is -2.21. The van der Waals surface area contributed by atoms with E-state index < -0.39 is 36.2 Å². The molecule has 4 N–H and O–H groups in total. The van der Waals surface area contributed by atoms with Crippen LogP contribution in [0.3, 0.4) is 0 Å². The van der Waals surface area contributed by atoms with Crippen LogP contribution in [0.4, 0.5) is 4.79 Å². The van der Waals surface area contributed by atoms with Crippen molar-refractivity contribution < 1.29 is 39.2 Å². The number of rotatable bonds is 5. The average Bonchev–Trinajstić information content (AvgIpc) is 2.81. The number of nitrogens with one attached hydrogen (secondary N) is 1. The molecule has 1 aliphatic rings. The summed E-state index contributed by atoms with van der Waals surface area (Å²) in [6, 6.07) is 3.12. The Morgan fingerprint density at radius 3 is 2.62 bits per heavy atom. The number of ether oxygens (including phenoxy) is 2. The molecule has 0 aliphatic carbocycles. The number of esters is 1. The first-order valence-electron chi connectivity index (χ1n) is 11.3. The summed E-state index contributed by atoms with van der Waals surface area (Å²) in [4.78, 5) is 36.3. The third-order valence-corrected chi connectivity index (χ3v) is 5.71. The van der Waals surface area contributed by atoms with E-state index in [-0.39, 0.29) is 30.3 Å². The minimum Gasteiger partial charge on any atom is -0.507 e. The van der Waals surface area contributed by atoms with Gasteiger partial charge in [-0.3, -0.25) is 4.79 Å². The molecular weight excluding hydrogens is 442 g/mol. The number of carbonyl (C=O) groups is 3. The number of amides is 1. The standard InChI is InChI=1S/C25H33NO8/c1-15-10-12-21(29)23(30)20(28)9-6-8-18-17(7-4-5-14-33-25(32)26-3)11-13-19(27)22(18)24(31)34-16(15)2/h6,8,10-13,15-16,20,23,27-28,30H,4-5,7,9,14H2,1-3H3,(H,26,32)/b8-6+,12-10-/t15-,16-,20-,23-/m0/s1. The maximum absolute atomic E-state index is 13.0. The molecule has 0 saturated carbocycles. The quantitative estimate of drug-likeness (QED) is 0.376. The summed E-state index contributed by atoms with van der Waals surface area (Å²) in [6.45, 7) is 3.64. The second-order valence-electron chi connectivity index (χ2n) is 8.26. The number of benzene rings is 1. The summed E-state index contributed by atoms with van der Waals surface area (Å²) in [5, 5.41) is 33.2. The highest BCUT2D eigenvalue weighted by Gasteiger charge is 2.25. The van der Waals surface area contributed by atoms with Crippen LogP contribution in [0.1, 0.15) is 54.6 Å². The number of hydrogen-bond donors (Lipinski definition) is 4. The van der Waals surface area contributed by atoms with E-state index in [0.717, 1.165) is 5.56 Å². The number of unbranched alkanes of at least 4 members (excludes halogenated alkanes) is 1. The Balaban J connectivity index is 2.35. The normalized spacial score (nSPS) is 25.4. The Morgan fingerprint density at radius 1 is 1.18 bits per heavy atom. The highest BCUT2D eigenvalue weighted by Crippen LogP contribution is 2.29. The number of phenolic OH excluding ortho intramolecular Hbond substituents is 1. The van der Waals surface area contributed by atoms with E-state index in [4.69, 9.17) is 9.47 Å². The molecule has 0 fully saturated rings. The lowest BCUT2D eigenvalue weighted by Crippen LogP contribution is -2.32. The maximum Gasteiger partial charge on any atom is 0.406 e. The van der Waals surface area contributed by atoms with E-state index in [2.05, 4.69) is 5.32 Å². The predicted octanol–water partition coefficient (Wildman–Crippen LogP) is 2.52. The van der Waals surface area contributed by atoms with Crippen molar-refractivity contribution in [3.63, 3.8) is 0 Å². The molecule has 0 spiro atoms. The molecule has 1 aliphatic heterocycles. The zero-order valence-corrected chi connectivity index (χ0v) is 19.7. The molecule has 0 bridgehead atoms. The van der Waals surface area contributed by atoms with Crippen LogP contribution in [0, 0.1) is 5.92 Å². The Morgan fingerprint density at radius 2 is 1.91 bits per heavy atom. The van der Waals surface area contributed by atoms with Gasteiger partial charge in [0.1, 0.15) is 23.5 Å². The minimum atomic E-state index is -1.59. The maximum atomic E-state index is 13.0. The Kier molecular flexibility index (Phi) is 10.3. The van der Waals surface area contributed by atoms with Crippen molar-refractivity contribution in [2.75, 3.05) is 13.7 Å². The monoisotopic (exact) mass is 475 g/mol. The molecule has 34 heavy (non-hydrogen) atoms. The van der Waals surface area contributed by atoms with Crippen molar-refractivity contribution in [1.82, 2.24) is 5.32 Å². The molecule has 0 saturated heterocycles. The largest absolute Gasteiger partial charge is 0.507 e. The van der Waals surface area contributed by atoms with Crippen LogP contribution in [0.15, 0.2) is 30.4 Å². The van der Waals surface area contributed by atoms with Crippen LogP contribution in [-0.2, 0) is 20.7 Å². The summed E-state index contributed by atoms with van der Waals surface area (Å²) in [5.74, 6) is -1.95. The summed E-state index contributed by atoms with van der Waals surface area (Å²) in [6.07, 6.45) is 3.45. The van der Waals surface area contributed by atoms with E-state index in [1.165, 1.54) is 31.3 Å². The third-order valence-electron chi connectivity index (χ3n) is 5.71. The first kappa shape index (κ1) is 27.1. The Hall–Kier alpha value is -3.17. The summed E-state index contributed by atoms with van der Waals surface area (Å²) in [5.41, 5.74) is 1.18. The van der Waals surface area contributed by atoms with Gasteiger partial charge in [0.15, 0.2) is 5.78 Å². The van der Waals surface area contributed by atoms with Gasteiger partial charge in [0.2, 0.25) is 0 Å². The van der Waals surface area contributed by atoms with Crippen LogP contribution < -0.4 is 5.32 Å². The highest BCUT2D eigenvalue weighted by molar-refractivity contribution is 5.97. The first-order valence-corrected chi connectivity index (χ1v) is 11.3. The van der Waals surface area contributed by atoms with Crippen molar-refractivity contribution in [1.29, 1.82) is 0 Å². The van der Waals surface area contributed by atoms with Gasteiger partial charge in [0.05, 0.1) is 12.7 Å². The van der Waals surface area contributed by atoms with Gasteiger partial charge in [0, 0.05) is 13.0 Å². The minimum absolute atomic E-state index is 0.00145. The zero-order chi connectivity index (χ0) is 25.3. The van der Waals surface area contributed by atoms with Crippen LogP contribution in [0.5, 0.6) is 5.75 Å². The Bertz CT molecular complexity index is 939. The molecule has 1 aromatic carbocycles. The number of aliphatic hydroxyl groups excluding tert-OH is 2. The smallest absolute Gasteiger partial charge is 0.406 e. The summed E-state index contributed by atoms with van der Waals surface area (Å²) >= 11 is 0. The zero-order valence-electron chi connectivity index (χ0n) is 19.7. The third kappa shape index (κ3) is 7.43. The summed E-state index contributed by atoms with van der Waals surface area (Å²) in [7, 11) is 1.48. The molecule has 4 atom stereocenters. The number of aromatic hydroxyl groups is 1. The second-order valence-corrected chi connectivity index (χ2v) is 8.26. The second kappa shape index (κ2) is 12.9. The Labute approximate surface area is 199 Å². The fraction of sp³-hybridized carbons (Fsp3) is 0.480. The number of fused-ring (bicyclic) bond motifs is 1. The van der Waals surface area contributed by atoms with Crippen LogP contribution >= 0.6 is 0 Å². The molecule has 2 rings (SSSR count). The molecule has 0 aromatic heterocycles. The van der Waals surface area contributed by atoms with Gasteiger partial charge in [-0.1, -0.05) is 31.2 Å². The number of alkyl carbamates (subject to hydrolysis) is 1. The molecule has 1 aromatic rings. The lowest BCUT2D eigenvalue weighted by molar-refractivity contribution is -0.127. The molecule has 1 heterocycles.